The highest BCUT2D eigenvalue weighted by Crippen LogP contribution is 2.41. The van der Waals surface area contributed by atoms with Crippen molar-refractivity contribution >= 4 is 12.1 Å². The number of amides is 1. The molecule has 0 saturated heterocycles. The summed E-state index contributed by atoms with van der Waals surface area (Å²) in [4.78, 5) is 29.9. The first-order valence-electron chi connectivity index (χ1n) is 14.3. The second kappa shape index (κ2) is 13.3. The van der Waals surface area contributed by atoms with Crippen LogP contribution in [0.5, 0.6) is 11.5 Å². The van der Waals surface area contributed by atoms with E-state index in [-0.39, 0.29) is 41.9 Å². The predicted molar refractivity (Wildman–Crippen MR) is 152 cm³/mol. The van der Waals surface area contributed by atoms with Crippen LogP contribution < -0.4 is 14.8 Å². The van der Waals surface area contributed by atoms with Crippen LogP contribution in [-0.4, -0.2) is 53.7 Å². The van der Waals surface area contributed by atoms with Gasteiger partial charge in [0.1, 0.15) is 22.6 Å². The van der Waals surface area contributed by atoms with Crippen LogP contribution in [-0.2, 0) is 20.7 Å². The molecule has 2 aliphatic rings. The minimum Gasteiger partial charge on any atom is -0.489 e. The Bertz CT molecular complexity index is 1410. The minimum atomic E-state index is -3.07. The zero-order chi connectivity index (χ0) is 32.2. The average molecular weight is 623 g/mol. The number of hydrogen-bond donors (Lipinski definition) is 2. The topological polar surface area (TPSA) is 129 Å². The number of carbonyl (C=O) groups excluding carboxylic acids is 1. The molecule has 1 aromatic heterocycles. The molecule has 2 N–H and O–H groups in total. The molecule has 44 heavy (non-hydrogen) atoms. The number of carboxylic acid groups (broad SMARTS) is 1. The number of rotatable bonds is 13. The molecule has 13 heteroatoms. The number of nitrogens with one attached hydrogen (secondary N) is 1. The summed E-state index contributed by atoms with van der Waals surface area (Å²) in [5.74, 6) is -1.60. The molecule has 1 saturated carbocycles. The molecule has 3 unspecified atom stereocenters. The van der Waals surface area contributed by atoms with E-state index < -0.39 is 47.7 Å². The smallest absolute Gasteiger partial charge is 0.408 e. The Morgan fingerprint density at radius 2 is 1.95 bits per heavy atom. The van der Waals surface area contributed by atoms with Crippen molar-refractivity contribution in [2.75, 3.05) is 13.2 Å². The summed E-state index contributed by atoms with van der Waals surface area (Å²) in [6, 6.07) is 3.34. The Hall–Kier alpha value is -4.00. The quantitative estimate of drug-likeness (QED) is 0.249. The van der Waals surface area contributed by atoms with Crippen molar-refractivity contribution in [3.05, 3.63) is 53.7 Å². The normalized spacial score (nSPS) is 20.7. The molecular weight excluding hydrogens is 585 g/mol. The van der Waals surface area contributed by atoms with Crippen LogP contribution >= 0.6 is 0 Å². The first-order chi connectivity index (χ1) is 20.7. The van der Waals surface area contributed by atoms with Gasteiger partial charge in [-0.3, -0.25) is 4.79 Å². The Balaban J connectivity index is 1.76. The van der Waals surface area contributed by atoms with Crippen LogP contribution in [0.15, 0.2) is 46.7 Å². The Labute approximate surface area is 253 Å². The van der Waals surface area contributed by atoms with Gasteiger partial charge in [0.2, 0.25) is 5.89 Å². The molecule has 0 radical (unpaired) electrons. The summed E-state index contributed by atoms with van der Waals surface area (Å²) < 4.78 is 67.9. The van der Waals surface area contributed by atoms with Crippen LogP contribution in [0.25, 0.3) is 11.5 Å². The number of nitrogens with zero attached hydrogens (tertiary/aromatic N) is 1. The van der Waals surface area contributed by atoms with Crippen molar-refractivity contribution in [3.8, 4) is 23.0 Å². The lowest BCUT2D eigenvalue weighted by molar-refractivity contribution is -0.152. The van der Waals surface area contributed by atoms with E-state index in [4.69, 9.17) is 18.6 Å². The van der Waals surface area contributed by atoms with Crippen LogP contribution in [0.3, 0.4) is 0 Å². The lowest BCUT2D eigenvalue weighted by Gasteiger charge is -2.34. The number of aliphatic carboxylic acids is 1. The molecule has 1 aromatic carbocycles. The number of alkyl carbamates (subject to hydrolysis) is 1. The maximum Gasteiger partial charge on any atom is 0.408 e. The highest BCUT2D eigenvalue weighted by atomic mass is 19.3. The van der Waals surface area contributed by atoms with Crippen LogP contribution in [0.2, 0.25) is 0 Å². The molecule has 1 fully saturated rings. The second-order valence-corrected chi connectivity index (χ2v) is 11.8. The molecule has 4 rings (SSSR count). The zero-order valence-corrected chi connectivity index (χ0v) is 25.2. The number of halogens is 3. The van der Waals surface area contributed by atoms with E-state index in [1.54, 1.807) is 34.6 Å². The number of oxazole rings is 1. The molecule has 1 heterocycles. The minimum absolute atomic E-state index is 0.00252. The van der Waals surface area contributed by atoms with E-state index in [0.29, 0.717) is 18.1 Å². The van der Waals surface area contributed by atoms with Crippen LogP contribution in [0.1, 0.15) is 65.0 Å². The third kappa shape index (κ3) is 8.13. The van der Waals surface area contributed by atoms with Crippen LogP contribution in [0, 0.1) is 11.3 Å². The van der Waals surface area contributed by atoms with Crippen molar-refractivity contribution < 1.29 is 51.2 Å². The number of carboxylic acids is 1. The number of aromatic nitrogens is 1. The second-order valence-electron chi connectivity index (χ2n) is 11.8. The van der Waals surface area contributed by atoms with Crippen molar-refractivity contribution in [2.45, 2.75) is 78.2 Å². The third-order valence-corrected chi connectivity index (χ3v) is 6.99. The van der Waals surface area contributed by atoms with Gasteiger partial charge in [-0.2, -0.15) is 8.78 Å². The van der Waals surface area contributed by atoms with Gasteiger partial charge < -0.3 is 33.8 Å². The van der Waals surface area contributed by atoms with E-state index in [2.05, 4.69) is 15.0 Å². The monoisotopic (exact) mass is 622 g/mol. The SMILES string of the molecule is CCOC1C=C(F)C=CC1(Cc1nc(-c2ccc(OC(F)F)c(OCC3CC3)c2)oc1C(C)NC(=O)OC(C)(C)C)C(=O)O. The standard InChI is InChI=1S/C31H37F3N2O8/c1-6-40-24-14-20(32)11-12-31(24,27(37)38)15-21-25(17(2)35-29(39)44-30(3,4)5)43-26(36-21)19-9-10-22(42-28(33)34)23(13-19)41-16-18-7-8-18/h9-14,17-18,24,28H,6-8,15-16H2,1-5H3,(H,35,39)(H,37,38). The Morgan fingerprint density at radius 1 is 1.23 bits per heavy atom. The summed E-state index contributed by atoms with van der Waals surface area (Å²) in [6.07, 6.45) is 3.08. The summed E-state index contributed by atoms with van der Waals surface area (Å²) >= 11 is 0. The highest BCUT2D eigenvalue weighted by Gasteiger charge is 2.47. The summed E-state index contributed by atoms with van der Waals surface area (Å²) in [5.41, 5.74) is -2.10. The van der Waals surface area contributed by atoms with Gasteiger partial charge in [0.05, 0.1) is 24.4 Å². The highest BCUT2D eigenvalue weighted by molar-refractivity contribution is 5.80. The van der Waals surface area contributed by atoms with E-state index in [9.17, 15) is 27.9 Å². The van der Waals surface area contributed by atoms with E-state index in [0.717, 1.165) is 25.0 Å². The molecule has 10 nitrogen and oxygen atoms in total. The number of alkyl halides is 2. The van der Waals surface area contributed by atoms with Gasteiger partial charge in [-0.05, 0) is 83.7 Å². The predicted octanol–water partition coefficient (Wildman–Crippen LogP) is 6.76. The zero-order valence-electron chi connectivity index (χ0n) is 25.2. The summed E-state index contributed by atoms with van der Waals surface area (Å²) in [5, 5.41) is 13.1. The number of carbonyl (C=O) groups is 2. The van der Waals surface area contributed by atoms with Gasteiger partial charge in [0.15, 0.2) is 11.5 Å². The molecule has 0 bridgehead atoms. The van der Waals surface area contributed by atoms with Gasteiger partial charge in [-0.15, -0.1) is 0 Å². The van der Waals surface area contributed by atoms with E-state index in [1.807, 2.05) is 0 Å². The van der Waals surface area contributed by atoms with E-state index >= 15 is 0 Å². The summed E-state index contributed by atoms with van der Waals surface area (Å²) in [6.45, 7) is 5.72. The Morgan fingerprint density at radius 3 is 2.57 bits per heavy atom. The van der Waals surface area contributed by atoms with E-state index in [1.165, 1.54) is 24.3 Å². The largest absolute Gasteiger partial charge is 0.489 e. The van der Waals surface area contributed by atoms with Gasteiger partial charge in [-0.1, -0.05) is 6.08 Å². The first-order valence-corrected chi connectivity index (χ1v) is 14.3. The number of ether oxygens (including phenoxy) is 4. The molecule has 2 aromatic rings. The molecule has 3 atom stereocenters. The fourth-order valence-electron chi connectivity index (χ4n) is 4.69. The van der Waals surface area contributed by atoms with Crippen LogP contribution in [0.4, 0.5) is 18.0 Å². The lowest BCUT2D eigenvalue weighted by Crippen LogP contribution is -2.45. The fourth-order valence-corrected chi connectivity index (χ4v) is 4.69. The molecule has 0 spiro atoms. The first kappa shape index (κ1) is 32.9. The number of allylic oxidation sites excluding steroid dienone is 2. The summed E-state index contributed by atoms with van der Waals surface area (Å²) in [7, 11) is 0. The van der Waals surface area contributed by atoms with Crippen molar-refractivity contribution in [3.63, 3.8) is 0 Å². The lowest BCUT2D eigenvalue weighted by atomic mass is 9.74. The van der Waals surface area contributed by atoms with Crippen molar-refractivity contribution in [1.29, 1.82) is 0 Å². The number of benzene rings is 1. The van der Waals surface area contributed by atoms with Gasteiger partial charge in [-0.25, -0.2) is 14.2 Å². The van der Waals surface area contributed by atoms with Gasteiger partial charge in [0, 0.05) is 18.6 Å². The fraction of sp³-hybridized carbons (Fsp3) is 0.516. The maximum absolute atomic E-state index is 14.2. The molecular formula is C31H37F3N2O8. The molecule has 0 aliphatic heterocycles. The van der Waals surface area contributed by atoms with Crippen molar-refractivity contribution in [1.82, 2.24) is 10.3 Å². The van der Waals surface area contributed by atoms with Gasteiger partial charge >= 0.3 is 18.7 Å². The average Bonchev–Trinajstić information content (AvgIpc) is 3.65. The van der Waals surface area contributed by atoms with Gasteiger partial charge in [0.25, 0.3) is 0 Å². The molecule has 1 amide bonds. The Kier molecular flexibility index (Phi) is 9.97. The number of hydrogen-bond acceptors (Lipinski definition) is 8. The maximum atomic E-state index is 14.2. The molecule has 2 aliphatic carbocycles. The third-order valence-electron chi connectivity index (χ3n) is 6.99. The molecule has 240 valence electrons. The van der Waals surface area contributed by atoms with Crippen molar-refractivity contribution in [2.24, 2.45) is 11.3 Å².